The molecule has 1 aliphatic carbocycles. The van der Waals surface area contributed by atoms with Gasteiger partial charge in [-0.2, -0.15) is 0 Å². The Morgan fingerprint density at radius 1 is 1.26 bits per heavy atom. The molecule has 3 heteroatoms. The van der Waals surface area contributed by atoms with E-state index in [1.54, 1.807) is 12.1 Å². The fraction of sp³-hybridized carbons (Fsp3) is 0.500. The third-order valence-electron chi connectivity index (χ3n) is 3.93. The van der Waals surface area contributed by atoms with Crippen molar-refractivity contribution in [2.45, 2.75) is 39.0 Å². The van der Waals surface area contributed by atoms with E-state index in [-0.39, 0.29) is 17.3 Å². The molecule has 0 amide bonds. The molecule has 0 spiro atoms. The van der Waals surface area contributed by atoms with Crippen molar-refractivity contribution in [2.24, 2.45) is 5.41 Å². The highest BCUT2D eigenvalue weighted by molar-refractivity contribution is 5.90. The Bertz CT molecular complexity index is 485. The number of ketones is 1. The van der Waals surface area contributed by atoms with Crippen LogP contribution in [0.1, 0.15) is 54.9 Å². The van der Waals surface area contributed by atoms with Crippen LogP contribution in [-0.4, -0.2) is 18.9 Å². The monoisotopic (exact) mass is 260 g/mol. The highest BCUT2D eigenvalue weighted by Gasteiger charge is 2.34. The van der Waals surface area contributed by atoms with Gasteiger partial charge in [0, 0.05) is 12.3 Å². The summed E-state index contributed by atoms with van der Waals surface area (Å²) in [5.74, 6) is -0.0672. The Hall–Kier alpha value is -1.64. The van der Waals surface area contributed by atoms with E-state index in [1.807, 2.05) is 12.1 Å². The molecular weight excluding hydrogens is 240 g/mol. The standard InChI is InChI=1S/C16H20O3/c1-16(2)9-8-14(17)13(10-16)11-4-6-12(7-5-11)15(18)19-3/h4-7,13H,8-10H2,1-3H3. The number of benzene rings is 1. The molecule has 2 rings (SSSR count). The minimum atomic E-state index is -0.346. The number of methoxy groups -OCH3 is 1. The van der Waals surface area contributed by atoms with E-state index < -0.39 is 0 Å². The summed E-state index contributed by atoms with van der Waals surface area (Å²) < 4.78 is 4.67. The van der Waals surface area contributed by atoms with E-state index in [0.717, 1.165) is 18.4 Å². The smallest absolute Gasteiger partial charge is 0.337 e. The van der Waals surface area contributed by atoms with Gasteiger partial charge in [0.05, 0.1) is 12.7 Å². The number of carbonyl (C=O) groups excluding carboxylic acids is 2. The molecule has 102 valence electrons. The summed E-state index contributed by atoms with van der Waals surface area (Å²) in [4.78, 5) is 23.4. The Morgan fingerprint density at radius 3 is 2.47 bits per heavy atom. The Morgan fingerprint density at radius 2 is 1.89 bits per heavy atom. The zero-order valence-electron chi connectivity index (χ0n) is 11.7. The maximum absolute atomic E-state index is 12.1. The van der Waals surface area contributed by atoms with Crippen LogP contribution < -0.4 is 0 Å². The lowest BCUT2D eigenvalue weighted by atomic mass is 9.69. The molecule has 1 fully saturated rings. The van der Waals surface area contributed by atoms with Crippen LogP contribution in [0.25, 0.3) is 0 Å². The lowest BCUT2D eigenvalue weighted by Gasteiger charge is -2.34. The first-order valence-electron chi connectivity index (χ1n) is 6.64. The fourth-order valence-electron chi connectivity index (χ4n) is 2.68. The molecule has 1 aliphatic rings. The summed E-state index contributed by atoms with van der Waals surface area (Å²) in [6, 6.07) is 7.21. The number of hydrogen-bond acceptors (Lipinski definition) is 3. The zero-order chi connectivity index (χ0) is 14.0. The first-order valence-corrected chi connectivity index (χ1v) is 6.64. The lowest BCUT2D eigenvalue weighted by Crippen LogP contribution is -2.28. The summed E-state index contributed by atoms with van der Waals surface area (Å²) in [5, 5.41) is 0. The minimum absolute atomic E-state index is 0.0320. The van der Waals surface area contributed by atoms with Crippen molar-refractivity contribution in [3.8, 4) is 0 Å². The number of rotatable bonds is 2. The van der Waals surface area contributed by atoms with Crippen LogP contribution in [0.2, 0.25) is 0 Å². The molecule has 1 unspecified atom stereocenters. The van der Waals surface area contributed by atoms with Crippen LogP contribution in [0.15, 0.2) is 24.3 Å². The molecule has 0 N–H and O–H groups in total. The second kappa shape index (κ2) is 5.16. The van der Waals surface area contributed by atoms with Crippen molar-refractivity contribution in [3.05, 3.63) is 35.4 Å². The van der Waals surface area contributed by atoms with E-state index in [0.29, 0.717) is 17.8 Å². The molecule has 3 nitrogen and oxygen atoms in total. The molecule has 1 aromatic rings. The normalized spacial score (nSPS) is 22.1. The maximum Gasteiger partial charge on any atom is 0.337 e. The van der Waals surface area contributed by atoms with Gasteiger partial charge in [0.25, 0.3) is 0 Å². The van der Waals surface area contributed by atoms with Crippen molar-refractivity contribution in [3.63, 3.8) is 0 Å². The van der Waals surface area contributed by atoms with Crippen LogP contribution >= 0.6 is 0 Å². The van der Waals surface area contributed by atoms with Crippen LogP contribution in [0.3, 0.4) is 0 Å². The third kappa shape index (κ3) is 3.03. The topological polar surface area (TPSA) is 43.4 Å². The summed E-state index contributed by atoms with van der Waals surface area (Å²) in [6.45, 7) is 4.41. The van der Waals surface area contributed by atoms with Crippen molar-refractivity contribution in [1.82, 2.24) is 0 Å². The van der Waals surface area contributed by atoms with Gasteiger partial charge >= 0.3 is 5.97 Å². The number of esters is 1. The first-order chi connectivity index (χ1) is 8.93. The quantitative estimate of drug-likeness (QED) is 0.766. The van der Waals surface area contributed by atoms with Gasteiger partial charge in [-0.05, 0) is 36.0 Å². The highest BCUT2D eigenvalue weighted by Crippen LogP contribution is 2.41. The zero-order valence-corrected chi connectivity index (χ0v) is 11.7. The average Bonchev–Trinajstić information content (AvgIpc) is 2.41. The van der Waals surface area contributed by atoms with Gasteiger partial charge in [0.1, 0.15) is 5.78 Å². The van der Waals surface area contributed by atoms with Gasteiger partial charge in [-0.3, -0.25) is 4.79 Å². The molecule has 0 radical (unpaired) electrons. The summed E-state index contributed by atoms with van der Waals surface area (Å²) in [6.07, 6.45) is 2.49. The Labute approximate surface area is 114 Å². The van der Waals surface area contributed by atoms with Crippen LogP contribution in [0.4, 0.5) is 0 Å². The fourth-order valence-corrected chi connectivity index (χ4v) is 2.68. The minimum Gasteiger partial charge on any atom is -0.465 e. The second-order valence-electron chi connectivity index (χ2n) is 6.00. The molecule has 1 aromatic carbocycles. The second-order valence-corrected chi connectivity index (χ2v) is 6.00. The maximum atomic E-state index is 12.1. The molecule has 0 heterocycles. The molecule has 1 atom stereocenters. The van der Waals surface area contributed by atoms with Crippen molar-refractivity contribution in [1.29, 1.82) is 0 Å². The van der Waals surface area contributed by atoms with Crippen molar-refractivity contribution in [2.75, 3.05) is 7.11 Å². The van der Waals surface area contributed by atoms with Gasteiger partial charge in [-0.1, -0.05) is 26.0 Å². The predicted octanol–water partition coefficient (Wildman–Crippen LogP) is 3.34. The van der Waals surface area contributed by atoms with Gasteiger partial charge in [0.2, 0.25) is 0 Å². The van der Waals surface area contributed by atoms with Gasteiger partial charge < -0.3 is 4.74 Å². The van der Waals surface area contributed by atoms with E-state index in [4.69, 9.17) is 0 Å². The first kappa shape index (κ1) is 13.8. The highest BCUT2D eigenvalue weighted by atomic mass is 16.5. The van der Waals surface area contributed by atoms with Crippen LogP contribution in [-0.2, 0) is 9.53 Å². The third-order valence-corrected chi connectivity index (χ3v) is 3.93. The van der Waals surface area contributed by atoms with E-state index in [1.165, 1.54) is 7.11 Å². The number of Topliss-reactive ketones (excluding diaryl/α,β-unsaturated/α-hetero) is 1. The van der Waals surface area contributed by atoms with Crippen LogP contribution in [0.5, 0.6) is 0 Å². The van der Waals surface area contributed by atoms with Crippen molar-refractivity contribution < 1.29 is 14.3 Å². The Kier molecular flexibility index (Phi) is 3.74. The molecule has 0 saturated heterocycles. The van der Waals surface area contributed by atoms with Crippen molar-refractivity contribution >= 4 is 11.8 Å². The number of ether oxygens (including phenoxy) is 1. The molecule has 0 aromatic heterocycles. The van der Waals surface area contributed by atoms with Gasteiger partial charge in [-0.15, -0.1) is 0 Å². The van der Waals surface area contributed by atoms with Gasteiger partial charge in [0.15, 0.2) is 0 Å². The molecule has 0 bridgehead atoms. The molecule has 1 saturated carbocycles. The number of hydrogen-bond donors (Lipinski definition) is 0. The molecular formula is C16H20O3. The summed E-state index contributed by atoms with van der Waals surface area (Å²) in [7, 11) is 1.36. The molecule has 0 aliphatic heterocycles. The number of carbonyl (C=O) groups is 2. The SMILES string of the molecule is COC(=O)c1ccc(C2CC(C)(C)CCC2=O)cc1. The summed E-state index contributed by atoms with van der Waals surface area (Å²) in [5.41, 5.74) is 1.73. The summed E-state index contributed by atoms with van der Waals surface area (Å²) >= 11 is 0. The lowest BCUT2D eigenvalue weighted by molar-refractivity contribution is -0.123. The van der Waals surface area contributed by atoms with Gasteiger partial charge in [-0.25, -0.2) is 4.79 Å². The van der Waals surface area contributed by atoms with E-state index in [2.05, 4.69) is 18.6 Å². The van der Waals surface area contributed by atoms with E-state index in [9.17, 15) is 9.59 Å². The largest absolute Gasteiger partial charge is 0.465 e. The predicted molar refractivity (Wildman–Crippen MR) is 73.2 cm³/mol. The van der Waals surface area contributed by atoms with E-state index >= 15 is 0 Å². The average molecular weight is 260 g/mol. The Balaban J connectivity index is 2.21. The molecule has 19 heavy (non-hydrogen) atoms. The van der Waals surface area contributed by atoms with Crippen LogP contribution in [0, 0.1) is 5.41 Å².